The number of rotatable bonds is 5. The molecule has 2 heterocycles. The molecule has 2 aromatic heterocycles. The zero-order valence-electron chi connectivity index (χ0n) is 12.4. The van der Waals surface area contributed by atoms with Crippen molar-refractivity contribution in [3.8, 4) is 5.88 Å². The van der Waals surface area contributed by atoms with Gasteiger partial charge in [0.05, 0.1) is 19.3 Å². The highest BCUT2D eigenvalue weighted by Gasteiger charge is 2.33. The van der Waals surface area contributed by atoms with Crippen LogP contribution in [0.15, 0.2) is 42.7 Å². The SMILES string of the molecule is COc1ncccc1NC(=O)N(Cc1ccccn1)C1CC1. The molecule has 6 heteroatoms. The zero-order valence-corrected chi connectivity index (χ0v) is 12.4. The molecule has 0 spiro atoms. The van der Waals surface area contributed by atoms with E-state index in [4.69, 9.17) is 4.74 Å². The normalized spacial score (nSPS) is 13.5. The van der Waals surface area contributed by atoms with Crippen molar-refractivity contribution in [2.45, 2.75) is 25.4 Å². The molecule has 0 saturated heterocycles. The second-order valence-corrected chi connectivity index (χ2v) is 5.17. The molecule has 0 aromatic carbocycles. The first-order valence-corrected chi connectivity index (χ1v) is 7.24. The van der Waals surface area contributed by atoms with Gasteiger partial charge in [-0.3, -0.25) is 4.98 Å². The molecule has 114 valence electrons. The molecule has 1 saturated carbocycles. The number of carbonyl (C=O) groups excluding carboxylic acids is 1. The van der Waals surface area contributed by atoms with Crippen LogP contribution in [-0.4, -0.2) is 34.1 Å². The smallest absolute Gasteiger partial charge is 0.322 e. The van der Waals surface area contributed by atoms with E-state index in [-0.39, 0.29) is 12.1 Å². The molecule has 2 amide bonds. The van der Waals surface area contributed by atoms with Crippen LogP contribution in [0.3, 0.4) is 0 Å². The van der Waals surface area contributed by atoms with Crippen molar-refractivity contribution in [3.63, 3.8) is 0 Å². The summed E-state index contributed by atoms with van der Waals surface area (Å²) in [5.41, 5.74) is 1.45. The van der Waals surface area contributed by atoms with Gasteiger partial charge in [0.25, 0.3) is 0 Å². The summed E-state index contributed by atoms with van der Waals surface area (Å²) in [4.78, 5) is 22.8. The van der Waals surface area contributed by atoms with Crippen molar-refractivity contribution < 1.29 is 9.53 Å². The molecule has 3 rings (SSSR count). The molecular formula is C16H18N4O2. The summed E-state index contributed by atoms with van der Waals surface area (Å²) in [7, 11) is 1.53. The van der Waals surface area contributed by atoms with Crippen molar-refractivity contribution in [3.05, 3.63) is 48.4 Å². The molecule has 1 N–H and O–H groups in total. The van der Waals surface area contributed by atoms with Crippen LogP contribution >= 0.6 is 0 Å². The number of urea groups is 1. The van der Waals surface area contributed by atoms with Gasteiger partial charge in [0.15, 0.2) is 0 Å². The van der Waals surface area contributed by atoms with Crippen LogP contribution in [0.5, 0.6) is 5.88 Å². The lowest BCUT2D eigenvalue weighted by Gasteiger charge is -2.22. The summed E-state index contributed by atoms with van der Waals surface area (Å²) in [6.07, 6.45) is 5.43. The first kappa shape index (κ1) is 14.3. The van der Waals surface area contributed by atoms with Gasteiger partial charge in [0.2, 0.25) is 5.88 Å². The van der Waals surface area contributed by atoms with E-state index >= 15 is 0 Å². The Kier molecular flexibility index (Phi) is 4.18. The monoisotopic (exact) mass is 298 g/mol. The van der Waals surface area contributed by atoms with Gasteiger partial charge >= 0.3 is 6.03 Å². The van der Waals surface area contributed by atoms with E-state index in [1.165, 1.54) is 7.11 Å². The second kappa shape index (κ2) is 6.43. The maximum Gasteiger partial charge on any atom is 0.322 e. The summed E-state index contributed by atoms with van der Waals surface area (Å²) in [5.74, 6) is 0.407. The third-order valence-electron chi connectivity index (χ3n) is 3.51. The van der Waals surface area contributed by atoms with Crippen LogP contribution in [0.4, 0.5) is 10.5 Å². The Morgan fingerprint density at radius 2 is 2.09 bits per heavy atom. The molecule has 0 aliphatic heterocycles. The fraction of sp³-hybridized carbons (Fsp3) is 0.312. The van der Waals surface area contributed by atoms with Crippen LogP contribution in [0.1, 0.15) is 18.5 Å². The van der Waals surface area contributed by atoms with Gasteiger partial charge in [-0.15, -0.1) is 0 Å². The van der Waals surface area contributed by atoms with Crippen molar-refractivity contribution in [1.82, 2.24) is 14.9 Å². The number of methoxy groups -OCH3 is 1. The van der Waals surface area contributed by atoms with E-state index in [2.05, 4.69) is 15.3 Å². The zero-order chi connectivity index (χ0) is 15.4. The number of ether oxygens (including phenoxy) is 1. The Balaban J connectivity index is 1.73. The Morgan fingerprint density at radius 1 is 1.27 bits per heavy atom. The summed E-state index contributed by atoms with van der Waals surface area (Å²) in [6.45, 7) is 0.500. The Bertz CT molecular complexity index is 644. The largest absolute Gasteiger partial charge is 0.480 e. The number of amides is 2. The Morgan fingerprint density at radius 3 is 2.77 bits per heavy atom. The van der Waals surface area contributed by atoms with E-state index < -0.39 is 0 Å². The topological polar surface area (TPSA) is 67.3 Å². The number of hydrogen-bond donors (Lipinski definition) is 1. The van der Waals surface area contributed by atoms with Crippen LogP contribution < -0.4 is 10.1 Å². The number of hydrogen-bond acceptors (Lipinski definition) is 4. The minimum atomic E-state index is -0.153. The van der Waals surface area contributed by atoms with Crippen molar-refractivity contribution in [1.29, 1.82) is 0 Å². The fourth-order valence-corrected chi connectivity index (χ4v) is 2.25. The highest BCUT2D eigenvalue weighted by atomic mass is 16.5. The van der Waals surface area contributed by atoms with Gasteiger partial charge in [0.1, 0.15) is 5.69 Å². The molecule has 1 fully saturated rings. The molecule has 0 radical (unpaired) electrons. The molecule has 1 aliphatic rings. The first-order chi connectivity index (χ1) is 10.8. The van der Waals surface area contributed by atoms with Crippen molar-refractivity contribution in [2.75, 3.05) is 12.4 Å². The fourth-order valence-electron chi connectivity index (χ4n) is 2.25. The number of aromatic nitrogens is 2. The number of nitrogens with one attached hydrogen (secondary N) is 1. The van der Waals surface area contributed by atoms with Gasteiger partial charge in [-0.1, -0.05) is 6.07 Å². The van der Waals surface area contributed by atoms with Crippen LogP contribution in [0.25, 0.3) is 0 Å². The quantitative estimate of drug-likeness (QED) is 0.921. The van der Waals surface area contributed by atoms with Gasteiger partial charge in [-0.2, -0.15) is 0 Å². The average molecular weight is 298 g/mol. The standard InChI is InChI=1S/C16H18N4O2/c1-22-15-14(6-4-10-18-15)19-16(21)20(13-7-8-13)11-12-5-2-3-9-17-12/h2-6,9-10,13H,7-8,11H2,1H3,(H,19,21). The molecule has 1 aliphatic carbocycles. The van der Waals surface area contributed by atoms with E-state index in [9.17, 15) is 4.79 Å². The highest BCUT2D eigenvalue weighted by molar-refractivity contribution is 5.90. The average Bonchev–Trinajstić information content (AvgIpc) is 3.39. The molecule has 2 aromatic rings. The Hall–Kier alpha value is -2.63. The number of anilines is 1. The van der Waals surface area contributed by atoms with E-state index in [1.54, 1.807) is 24.5 Å². The summed E-state index contributed by atoms with van der Waals surface area (Å²) in [5, 5.41) is 2.87. The third kappa shape index (κ3) is 3.33. The lowest BCUT2D eigenvalue weighted by atomic mass is 10.3. The molecular weight excluding hydrogens is 280 g/mol. The molecule has 0 atom stereocenters. The van der Waals surface area contributed by atoms with Gasteiger partial charge in [0, 0.05) is 18.4 Å². The third-order valence-corrected chi connectivity index (χ3v) is 3.51. The van der Waals surface area contributed by atoms with Crippen molar-refractivity contribution >= 4 is 11.7 Å². The minimum Gasteiger partial charge on any atom is -0.480 e. The first-order valence-electron chi connectivity index (χ1n) is 7.24. The molecule has 22 heavy (non-hydrogen) atoms. The molecule has 0 unspecified atom stereocenters. The molecule has 0 bridgehead atoms. The summed E-state index contributed by atoms with van der Waals surface area (Å²) < 4.78 is 5.16. The number of pyridine rings is 2. The summed E-state index contributed by atoms with van der Waals surface area (Å²) >= 11 is 0. The number of nitrogens with zero attached hydrogens (tertiary/aromatic N) is 3. The van der Waals surface area contributed by atoms with E-state index in [1.807, 2.05) is 23.1 Å². The predicted octanol–water partition coefficient (Wildman–Crippen LogP) is 2.68. The van der Waals surface area contributed by atoms with Gasteiger partial charge < -0.3 is 15.0 Å². The van der Waals surface area contributed by atoms with Crippen LogP contribution in [0, 0.1) is 0 Å². The Labute approximate surface area is 129 Å². The maximum absolute atomic E-state index is 12.6. The molecule has 6 nitrogen and oxygen atoms in total. The van der Waals surface area contributed by atoms with E-state index in [0.717, 1.165) is 18.5 Å². The van der Waals surface area contributed by atoms with Crippen LogP contribution in [-0.2, 0) is 6.54 Å². The van der Waals surface area contributed by atoms with E-state index in [0.29, 0.717) is 18.1 Å². The van der Waals surface area contributed by atoms with Gasteiger partial charge in [-0.25, -0.2) is 9.78 Å². The van der Waals surface area contributed by atoms with Gasteiger partial charge in [-0.05, 0) is 37.1 Å². The van der Waals surface area contributed by atoms with Crippen molar-refractivity contribution in [2.24, 2.45) is 0 Å². The highest BCUT2D eigenvalue weighted by Crippen LogP contribution is 2.29. The predicted molar refractivity (Wildman–Crippen MR) is 82.6 cm³/mol. The minimum absolute atomic E-state index is 0.153. The number of carbonyl (C=O) groups is 1. The lowest BCUT2D eigenvalue weighted by Crippen LogP contribution is -2.36. The maximum atomic E-state index is 12.6. The second-order valence-electron chi connectivity index (χ2n) is 5.17. The lowest BCUT2D eigenvalue weighted by molar-refractivity contribution is 0.205. The summed E-state index contributed by atoms with van der Waals surface area (Å²) in [6, 6.07) is 9.38. The van der Waals surface area contributed by atoms with Crippen LogP contribution in [0.2, 0.25) is 0 Å².